The van der Waals surface area contributed by atoms with Crippen LogP contribution in [0.1, 0.15) is 18.1 Å². The van der Waals surface area contributed by atoms with Gasteiger partial charge in [-0.05, 0) is 76.4 Å². The van der Waals surface area contributed by atoms with E-state index in [0.29, 0.717) is 33.2 Å². The summed E-state index contributed by atoms with van der Waals surface area (Å²) in [4.78, 5) is 24.0. The van der Waals surface area contributed by atoms with Crippen LogP contribution in [0.15, 0.2) is 64.2 Å². The molecule has 0 aliphatic rings. The fraction of sp³-hybridized carbons (Fsp3) is 0.125. The van der Waals surface area contributed by atoms with Crippen molar-refractivity contribution in [3.05, 3.63) is 86.1 Å². The Morgan fingerprint density at radius 2 is 1.89 bits per heavy atom. The van der Waals surface area contributed by atoms with Gasteiger partial charge in [0, 0.05) is 10.7 Å². The molecule has 7 nitrogen and oxygen atoms in total. The lowest BCUT2D eigenvalue weighted by molar-refractivity contribution is -0.136. The molecule has 0 saturated carbocycles. The van der Waals surface area contributed by atoms with Crippen molar-refractivity contribution in [3.8, 4) is 11.5 Å². The molecule has 35 heavy (non-hydrogen) atoms. The van der Waals surface area contributed by atoms with Crippen molar-refractivity contribution in [1.29, 1.82) is 0 Å². The number of rotatable bonds is 8. The number of nitrogens with one attached hydrogen (secondary N) is 2. The summed E-state index contributed by atoms with van der Waals surface area (Å²) in [5, 5.41) is 6.54. The van der Waals surface area contributed by atoms with Crippen LogP contribution < -0.4 is 20.2 Å². The van der Waals surface area contributed by atoms with Crippen LogP contribution in [0, 0.1) is 5.82 Å². The van der Waals surface area contributed by atoms with Gasteiger partial charge < -0.3 is 14.8 Å². The summed E-state index contributed by atoms with van der Waals surface area (Å²) >= 11 is 15.2. The summed E-state index contributed by atoms with van der Waals surface area (Å²) in [5.41, 5.74) is 3.75. The van der Waals surface area contributed by atoms with Gasteiger partial charge in [0.2, 0.25) is 0 Å². The number of halogens is 4. The zero-order chi connectivity index (χ0) is 25.4. The predicted molar refractivity (Wildman–Crippen MR) is 137 cm³/mol. The van der Waals surface area contributed by atoms with Crippen LogP contribution in [-0.2, 0) is 16.2 Å². The fourth-order valence-corrected chi connectivity index (χ4v) is 3.79. The van der Waals surface area contributed by atoms with Crippen molar-refractivity contribution >= 4 is 62.8 Å². The summed E-state index contributed by atoms with van der Waals surface area (Å²) in [6.45, 7) is 2.50. The van der Waals surface area contributed by atoms with Crippen molar-refractivity contribution < 1.29 is 23.5 Å². The Balaban J connectivity index is 1.65. The van der Waals surface area contributed by atoms with E-state index in [2.05, 4.69) is 31.8 Å². The predicted octanol–water partition coefficient (Wildman–Crippen LogP) is 5.96. The van der Waals surface area contributed by atoms with E-state index >= 15 is 0 Å². The second kappa shape index (κ2) is 12.5. The first-order valence-electron chi connectivity index (χ1n) is 10.2. The normalized spacial score (nSPS) is 10.8. The fourth-order valence-electron chi connectivity index (χ4n) is 2.83. The average Bonchev–Trinajstić information content (AvgIpc) is 2.81. The molecule has 0 atom stereocenters. The van der Waals surface area contributed by atoms with Gasteiger partial charge >= 0.3 is 11.8 Å². The van der Waals surface area contributed by atoms with Gasteiger partial charge in [0.05, 0.1) is 22.3 Å². The number of carbonyl (C=O) groups is 2. The third-order valence-corrected chi connectivity index (χ3v) is 5.48. The SMILES string of the molecule is CCOc1cc(C=NNC(=O)C(=O)Nc2ccc(F)c(Cl)c2)cc(Br)c1OCc1cccc(Cl)c1. The lowest BCUT2D eigenvalue weighted by Gasteiger charge is -2.15. The molecule has 2 amide bonds. The number of carbonyl (C=O) groups excluding carboxylic acids is 2. The molecule has 3 aromatic rings. The maximum absolute atomic E-state index is 13.2. The summed E-state index contributed by atoms with van der Waals surface area (Å²) in [6, 6.07) is 14.2. The third-order valence-electron chi connectivity index (χ3n) is 4.37. The molecule has 0 heterocycles. The molecule has 182 valence electrons. The number of amides is 2. The lowest BCUT2D eigenvalue weighted by atomic mass is 10.2. The highest BCUT2D eigenvalue weighted by molar-refractivity contribution is 9.10. The van der Waals surface area contributed by atoms with E-state index in [1.54, 1.807) is 24.3 Å². The van der Waals surface area contributed by atoms with Gasteiger partial charge in [0.1, 0.15) is 12.4 Å². The molecule has 2 N–H and O–H groups in total. The van der Waals surface area contributed by atoms with E-state index < -0.39 is 17.6 Å². The molecule has 0 aliphatic heterocycles. The van der Waals surface area contributed by atoms with Gasteiger partial charge in [-0.25, -0.2) is 9.82 Å². The minimum atomic E-state index is -1.02. The van der Waals surface area contributed by atoms with Crippen molar-refractivity contribution in [2.24, 2.45) is 5.10 Å². The molecule has 3 aromatic carbocycles. The number of ether oxygens (including phenoxy) is 2. The first-order chi connectivity index (χ1) is 16.8. The van der Waals surface area contributed by atoms with Gasteiger partial charge in [0.15, 0.2) is 11.5 Å². The average molecular weight is 583 g/mol. The van der Waals surface area contributed by atoms with E-state index in [9.17, 15) is 14.0 Å². The van der Waals surface area contributed by atoms with Crippen LogP contribution in [0.4, 0.5) is 10.1 Å². The highest BCUT2D eigenvalue weighted by atomic mass is 79.9. The monoisotopic (exact) mass is 581 g/mol. The Hall–Kier alpha value is -3.14. The third kappa shape index (κ3) is 7.68. The summed E-state index contributed by atoms with van der Waals surface area (Å²) < 4.78 is 25.4. The number of hydrazone groups is 1. The van der Waals surface area contributed by atoms with Crippen molar-refractivity contribution in [1.82, 2.24) is 5.43 Å². The van der Waals surface area contributed by atoms with Gasteiger partial charge in [-0.1, -0.05) is 35.3 Å². The molecule has 0 aromatic heterocycles. The van der Waals surface area contributed by atoms with E-state index in [1.807, 2.05) is 19.1 Å². The molecule has 0 aliphatic carbocycles. The van der Waals surface area contributed by atoms with Crippen LogP contribution in [0.2, 0.25) is 10.0 Å². The number of hydrogen-bond acceptors (Lipinski definition) is 5. The molecule has 0 radical (unpaired) electrons. The Morgan fingerprint density at radius 1 is 1.09 bits per heavy atom. The van der Waals surface area contributed by atoms with Crippen molar-refractivity contribution in [3.63, 3.8) is 0 Å². The number of benzene rings is 3. The zero-order valence-corrected chi connectivity index (χ0v) is 21.4. The van der Waals surface area contributed by atoms with Crippen LogP contribution in [0.5, 0.6) is 11.5 Å². The molecule has 3 rings (SSSR count). The summed E-state index contributed by atoms with van der Waals surface area (Å²) in [5.74, 6) is -1.71. The second-order valence-electron chi connectivity index (χ2n) is 6.96. The van der Waals surface area contributed by atoms with Crippen molar-refractivity contribution in [2.45, 2.75) is 13.5 Å². The Labute approximate surface area is 219 Å². The second-order valence-corrected chi connectivity index (χ2v) is 8.66. The maximum atomic E-state index is 13.2. The van der Waals surface area contributed by atoms with E-state index in [1.165, 1.54) is 18.3 Å². The lowest BCUT2D eigenvalue weighted by Crippen LogP contribution is -2.32. The Kier molecular flexibility index (Phi) is 9.47. The van der Waals surface area contributed by atoms with Gasteiger partial charge in [-0.3, -0.25) is 9.59 Å². The number of nitrogens with zero attached hydrogens (tertiary/aromatic N) is 1. The Bertz CT molecular complexity index is 1270. The highest BCUT2D eigenvalue weighted by Gasteiger charge is 2.15. The minimum Gasteiger partial charge on any atom is -0.490 e. The largest absolute Gasteiger partial charge is 0.490 e. The van der Waals surface area contributed by atoms with Gasteiger partial charge in [-0.2, -0.15) is 5.10 Å². The number of hydrogen-bond donors (Lipinski definition) is 2. The standard InChI is InChI=1S/C24H19BrCl2FN3O4/c1-2-34-21-10-15(9-18(25)22(21)35-13-14-4-3-5-16(26)8-14)12-29-31-24(33)23(32)30-17-6-7-20(28)19(27)11-17/h3-12H,2,13H2,1H3,(H,30,32)(H,31,33). The van der Waals surface area contributed by atoms with Crippen LogP contribution >= 0.6 is 39.1 Å². The van der Waals surface area contributed by atoms with Crippen molar-refractivity contribution in [2.75, 3.05) is 11.9 Å². The first kappa shape index (κ1) is 26.5. The molecule has 11 heteroatoms. The van der Waals surface area contributed by atoms with Gasteiger partial charge in [-0.15, -0.1) is 0 Å². The van der Waals surface area contributed by atoms with E-state index in [-0.39, 0.29) is 17.3 Å². The smallest absolute Gasteiger partial charge is 0.329 e. The molecule has 0 bridgehead atoms. The molecular formula is C24H19BrCl2FN3O4. The number of anilines is 1. The van der Waals surface area contributed by atoms with Crippen LogP contribution in [0.3, 0.4) is 0 Å². The van der Waals surface area contributed by atoms with E-state index in [4.69, 9.17) is 32.7 Å². The van der Waals surface area contributed by atoms with E-state index in [0.717, 1.165) is 11.6 Å². The molecule has 0 unspecified atom stereocenters. The first-order valence-corrected chi connectivity index (χ1v) is 11.7. The topological polar surface area (TPSA) is 89.0 Å². The summed E-state index contributed by atoms with van der Waals surface area (Å²) in [6.07, 6.45) is 1.34. The minimum absolute atomic E-state index is 0.166. The zero-order valence-electron chi connectivity index (χ0n) is 18.3. The highest BCUT2D eigenvalue weighted by Crippen LogP contribution is 2.37. The van der Waals surface area contributed by atoms with Crippen LogP contribution in [0.25, 0.3) is 0 Å². The molecule has 0 saturated heterocycles. The Morgan fingerprint density at radius 3 is 2.60 bits per heavy atom. The molecule has 0 spiro atoms. The molecule has 0 fully saturated rings. The summed E-state index contributed by atoms with van der Waals surface area (Å²) in [7, 11) is 0. The van der Waals surface area contributed by atoms with Crippen LogP contribution in [-0.4, -0.2) is 24.6 Å². The quantitative estimate of drug-likeness (QED) is 0.195. The molecular weight excluding hydrogens is 564 g/mol. The van der Waals surface area contributed by atoms with Gasteiger partial charge in [0.25, 0.3) is 0 Å². The maximum Gasteiger partial charge on any atom is 0.329 e.